The van der Waals surface area contributed by atoms with Crippen LogP contribution in [-0.2, 0) is 4.79 Å². The molecule has 3 rings (SSSR count). The molecule has 1 unspecified atom stereocenters. The summed E-state index contributed by atoms with van der Waals surface area (Å²) in [6, 6.07) is 9.71. The van der Waals surface area contributed by atoms with Crippen LogP contribution in [0.3, 0.4) is 0 Å². The predicted octanol–water partition coefficient (Wildman–Crippen LogP) is 2.50. The summed E-state index contributed by atoms with van der Waals surface area (Å²) in [6.07, 6.45) is 4.59. The lowest BCUT2D eigenvalue weighted by Gasteiger charge is -2.38. The summed E-state index contributed by atoms with van der Waals surface area (Å²) >= 11 is 0. The maximum atomic E-state index is 11.9. The van der Waals surface area contributed by atoms with Gasteiger partial charge >= 0.3 is 0 Å². The van der Waals surface area contributed by atoms with Crippen LogP contribution in [0.5, 0.6) is 0 Å². The summed E-state index contributed by atoms with van der Waals surface area (Å²) in [5, 5.41) is 6.50. The number of amides is 1. The molecule has 1 aromatic rings. The minimum atomic E-state index is -0.0698. The molecule has 0 bridgehead atoms. The van der Waals surface area contributed by atoms with Gasteiger partial charge in [-0.1, -0.05) is 29.8 Å². The lowest BCUT2D eigenvalue weighted by molar-refractivity contribution is -0.123. The topological polar surface area (TPSA) is 41.1 Å². The minimum absolute atomic E-state index is 0.0698. The maximum Gasteiger partial charge on any atom is 0.237 e. The third-order valence-corrected chi connectivity index (χ3v) is 4.49. The number of benzene rings is 1. The fourth-order valence-corrected chi connectivity index (χ4v) is 2.85. The number of hydrogen-bond donors (Lipinski definition) is 2. The van der Waals surface area contributed by atoms with Crippen LogP contribution in [0.15, 0.2) is 24.3 Å². The van der Waals surface area contributed by atoms with Crippen LogP contribution in [0.2, 0.25) is 0 Å². The van der Waals surface area contributed by atoms with Gasteiger partial charge in [-0.15, -0.1) is 0 Å². The SMILES string of the molecule is Cc1ccc(C2CC(NC(C)C(=O)NC3CC3)C2)cc1. The van der Waals surface area contributed by atoms with E-state index in [1.54, 1.807) is 0 Å². The van der Waals surface area contributed by atoms with Crippen molar-refractivity contribution in [3.8, 4) is 0 Å². The van der Waals surface area contributed by atoms with Gasteiger partial charge in [0.2, 0.25) is 5.91 Å². The highest BCUT2D eigenvalue weighted by atomic mass is 16.2. The molecule has 0 saturated heterocycles. The fourth-order valence-electron chi connectivity index (χ4n) is 2.85. The molecule has 3 heteroatoms. The van der Waals surface area contributed by atoms with Gasteiger partial charge in [0.1, 0.15) is 0 Å². The van der Waals surface area contributed by atoms with Crippen molar-refractivity contribution in [2.45, 2.75) is 63.6 Å². The van der Waals surface area contributed by atoms with E-state index in [1.165, 1.54) is 11.1 Å². The Balaban J connectivity index is 1.43. The third kappa shape index (κ3) is 3.21. The molecule has 0 spiro atoms. The van der Waals surface area contributed by atoms with Gasteiger partial charge in [0.25, 0.3) is 0 Å². The maximum absolute atomic E-state index is 11.9. The second-order valence-corrected chi connectivity index (χ2v) is 6.45. The molecule has 108 valence electrons. The molecule has 2 N–H and O–H groups in total. The van der Waals surface area contributed by atoms with E-state index < -0.39 is 0 Å². The monoisotopic (exact) mass is 272 g/mol. The second kappa shape index (κ2) is 5.57. The summed E-state index contributed by atoms with van der Waals surface area (Å²) in [5.74, 6) is 0.818. The normalized spacial score (nSPS) is 26.7. The van der Waals surface area contributed by atoms with E-state index in [0.29, 0.717) is 18.0 Å². The van der Waals surface area contributed by atoms with E-state index in [1.807, 2.05) is 6.92 Å². The average Bonchev–Trinajstić information content (AvgIpc) is 3.18. The summed E-state index contributed by atoms with van der Waals surface area (Å²) in [5.41, 5.74) is 2.75. The highest BCUT2D eigenvalue weighted by Crippen LogP contribution is 2.37. The molecule has 2 aliphatic rings. The molecule has 2 fully saturated rings. The molecular weight excluding hydrogens is 248 g/mol. The van der Waals surface area contributed by atoms with Crippen LogP contribution in [-0.4, -0.2) is 24.0 Å². The molecule has 20 heavy (non-hydrogen) atoms. The van der Waals surface area contributed by atoms with Crippen molar-refractivity contribution in [2.75, 3.05) is 0 Å². The smallest absolute Gasteiger partial charge is 0.237 e. The third-order valence-electron chi connectivity index (χ3n) is 4.49. The minimum Gasteiger partial charge on any atom is -0.352 e. The van der Waals surface area contributed by atoms with Crippen LogP contribution >= 0.6 is 0 Å². The Morgan fingerprint density at radius 2 is 1.80 bits per heavy atom. The van der Waals surface area contributed by atoms with E-state index in [-0.39, 0.29) is 11.9 Å². The largest absolute Gasteiger partial charge is 0.352 e. The first-order valence-electron chi connectivity index (χ1n) is 7.75. The number of aryl methyl sites for hydroxylation is 1. The van der Waals surface area contributed by atoms with E-state index in [2.05, 4.69) is 41.8 Å². The molecule has 1 amide bonds. The number of hydrogen-bond acceptors (Lipinski definition) is 2. The molecule has 2 aliphatic carbocycles. The zero-order valence-corrected chi connectivity index (χ0v) is 12.4. The summed E-state index contributed by atoms with van der Waals surface area (Å²) in [6.45, 7) is 4.09. The van der Waals surface area contributed by atoms with E-state index in [9.17, 15) is 4.79 Å². The first-order chi connectivity index (χ1) is 9.61. The zero-order valence-electron chi connectivity index (χ0n) is 12.4. The standard InChI is InChI=1S/C17H24N2O/c1-11-3-5-13(6-4-11)14-9-16(10-14)18-12(2)17(20)19-15-7-8-15/h3-6,12,14-16,18H,7-10H2,1-2H3,(H,19,20). The van der Waals surface area contributed by atoms with Gasteiger partial charge in [0, 0.05) is 12.1 Å². The Labute approximate surface area is 121 Å². The quantitative estimate of drug-likeness (QED) is 0.864. The average molecular weight is 272 g/mol. The van der Waals surface area contributed by atoms with Crippen LogP contribution in [0.1, 0.15) is 49.7 Å². The second-order valence-electron chi connectivity index (χ2n) is 6.45. The number of carbonyl (C=O) groups is 1. The predicted molar refractivity (Wildman–Crippen MR) is 80.7 cm³/mol. The lowest BCUT2D eigenvalue weighted by Crippen LogP contribution is -2.51. The van der Waals surface area contributed by atoms with Gasteiger partial charge in [-0.2, -0.15) is 0 Å². The van der Waals surface area contributed by atoms with Crippen molar-refractivity contribution in [2.24, 2.45) is 0 Å². The molecule has 0 heterocycles. The van der Waals surface area contributed by atoms with Gasteiger partial charge < -0.3 is 10.6 Å². The highest BCUT2D eigenvalue weighted by molar-refractivity contribution is 5.81. The van der Waals surface area contributed by atoms with Crippen molar-refractivity contribution < 1.29 is 4.79 Å². The van der Waals surface area contributed by atoms with Gasteiger partial charge in [-0.25, -0.2) is 0 Å². The molecule has 1 atom stereocenters. The summed E-state index contributed by atoms with van der Waals surface area (Å²) < 4.78 is 0. The number of rotatable bonds is 5. The van der Waals surface area contributed by atoms with Crippen molar-refractivity contribution >= 4 is 5.91 Å². The van der Waals surface area contributed by atoms with Crippen molar-refractivity contribution in [3.05, 3.63) is 35.4 Å². The molecule has 3 nitrogen and oxygen atoms in total. The van der Waals surface area contributed by atoms with Crippen LogP contribution in [0.4, 0.5) is 0 Å². The van der Waals surface area contributed by atoms with Crippen LogP contribution in [0, 0.1) is 6.92 Å². The first-order valence-corrected chi connectivity index (χ1v) is 7.75. The van der Waals surface area contributed by atoms with Crippen molar-refractivity contribution in [1.82, 2.24) is 10.6 Å². The first kappa shape index (κ1) is 13.6. The Morgan fingerprint density at radius 1 is 1.15 bits per heavy atom. The molecule has 2 saturated carbocycles. The highest BCUT2D eigenvalue weighted by Gasteiger charge is 2.33. The number of carbonyl (C=O) groups excluding carboxylic acids is 1. The molecule has 0 aliphatic heterocycles. The lowest BCUT2D eigenvalue weighted by atomic mass is 9.75. The molecular formula is C17H24N2O. The Bertz CT molecular complexity index is 472. The van der Waals surface area contributed by atoms with Gasteiger partial charge in [-0.3, -0.25) is 4.79 Å². The van der Waals surface area contributed by atoms with Crippen molar-refractivity contribution in [3.63, 3.8) is 0 Å². The summed E-state index contributed by atoms with van der Waals surface area (Å²) in [7, 11) is 0. The van der Waals surface area contributed by atoms with Crippen LogP contribution in [0.25, 0.3) is 0 Å². The van der Waals surface area contributed by atoms with E-state index in [4.69, 9.17) is 0 Å². The summed E-state index contributed by atoms with van der Waals surface area (Å²) in [4.78, 5) is 11.9. The van der Waals surface area contributed by atoms with Gasteiger partial charge in [0.05, 0.1) is 6.04 Å². The Kier molecular flexibility index (Phi) is 3.79. The van der Waals surface area contributed by atoms with E-state index >= 15 is 0 Å². The Hall–Kier alpha value is -1.35. The zero-order chi connectivity index (χ0) is 14.1. The molecule has 1 aromatic carbocycles. The molecule has 0 aromatic heterocycles. The van der Waals surface area contributed by atoms with E-state index in [0.717, 1.165) is 25.7 Å². The van der Waals surface area contributed by atoms with Crippen LogP contribution < -0.4 is 10.6 Å². The Morgan fingerprint density at radius 3 is 2.40 bits per heavy atom. The van der Waals surface area contributed by atoms with Gasteiger partial charge in [0.15, 0.2) is 0 Å². The van der Waals surface area contributed by atoms with Gasteiger partial charge in [-0.05, 0) is 51.0 Å². The molecule has 0 radical (unpaired) electrons. The number of nitrogens with one attached hydrogen (secondary N) is 2. The van der Waals surface area contributed by atoms with Crippen molar-refractivity contribution in [1.29, 1.82) is 0 Å². The fraction of sp³-hybridized carbons (Fsp3) is 0.588.